The molecule has 5 nitrogen and oxygen atoms in total. The summed E-state index contributed by atoms with van der Waals surface area (Å²) in [6.45, 7) is 0. The van der Waals surface area contributed by atoms with Gasteiger partial charge in [0.15, 0.2) is 16.6 Å². The molecule has 0 N–H and O–H groups in total. The summed E-state index contributed by atoms with van der Waals surface area (Å²) in [7, 11) is 0. The third-order valence-corrected chi connectivity index (χ3v) is 11.0. The van der Waals surface area contributed by atoms with Gasteiger partial charge < -0.3 is 4.74 Å². The second-order valence-electron chi connectivity index (χ2n) is 12.9. The van der Waals surface area contributed by atoms with Gasteiger partial charge in [-0.1, -0.05) is 60.7 Å². The van der Waals surface area contributed by atoms with Crippen molar-refractivity contribution in [3.8, 4) is 17.3 Å². The van der Waals surface area contributed by atoms with E-state index in [1.807, 2.05) is 0 Å². The van der Waals surface area contributed by atoms with Crippen LogP contribution < -0.4 is 13.9 Å². The van der Waals surface area contributed by atoms with Crippen molar-refractivity contribution in [1.82, 2.24) is 8.97 Å². The molecule has 3 aliphatic heterocycles. The molecule has 0 saturated carbocycles. The van der Waals surface area contributed by atoms with Gasteiger partial charge in [-0.15, -0.1) is 0 Å². The highest BCUT2D eigenvalue weighted by atomic mass is 16.5. The number of aromatic nitrogens is 4. The zero-order valence-corrected chi connectivity index (χ0v) is 24.4. The van der Waals surface area contributed by atoms with Crippen molar-refractivity contribution in [2.75, 3.05) is 0 Å². The van der Waals surface area contributed by atoms with Gasteiger partial charge >= 0.3 is 11.3 Å². The van der Waals surface area contributed by atoms with Gasteiger partial charge in [0, 0.05) is 33.0 Å². The van der Waals surface area contributed by atoms with Crippen LogP contribution in [0.2, 0.25) is 0 Å². The van der Waals surface area contributed by atoms with Gasteiger partial charge in [-0.25, -0.2) is 0 Å². The molecule has 0 fully saturated rings. The predicted octanol–water partition coefficient (Wildman–Crippen LogP) is 8.25. The van der Waals surface area contributed by atoms with Crippen molar-refractivity contribution < 1.29 is 13.9 Å². The molecule has 7 heterocycles. The summed E-state index contributed by atoms with van der Waals surface area (Å²) < 4.78 is 17.1. The van der Waals surface area contributed by atoms with Crippen molar-refractivity contribution in [3.05, 3.63) is 145 Å². The molecule has 4 aromatic heterocycles. The number of benzene rings is 6. The Morgan fingerprint density at radius 3 is 2.20 bits per heavy atom. The topological polar surface area (TPSA) is 26.3 Å². The first-order chi connectivity index (χ1) is 22.9. The van der Waals surface area contributed by atoms with E-state index in [0.29, 0.717) is 0 Å². The molecule has 46 heavy (non-hydrogen) atoms. The van der Waals surface area contributed by atoms with Gasteiger partial charge in [-0.05, 0) is 66.0 Å². The average Bonchev–Trinajstić information content (AvgIpc) is 3.75. The number of hydrogen-bond donors (Lipinski definition) is 0. The molecule has 0 aliphatic carbocycles. The van der Waals surface area contributed by atoms with E-state index in [1.54, 1.807) is 0 Å². The Kier molecular flexibility index (Phi) is 3.41. The summed E-state index contributed by atoms with van der Waals surface area (Å²) in [4.78, 5) is 0. The van der Waals surface area contributed by atoms with Gasteiger partial charge in [0.2, 0.25) is 0 Å². The first-order valence-electron chi connectivity index (χ1n) is 15.9. The number of rotatable bonds is 0. The standard InChI is InChI=1S/C41H22N4O/c1-2-10-24-23(9-1)16-17-28-26-18-20-32-36-35(26)40-44(38(24)28)30-13-5-6-14-31(30)45(40)41(36)37-33(46-32)21-19-27-25-11-3-4-12-29(25)43(39(27)37)34-15-7-8-22-42(34)41/h1-22H/q+2. The Morgan fingerprint density at radius 1 is 0.543 bits per heavy atom. The van der Waals surface area contributed by atoms with E-state index in [-0.39, 0.29) is 0 Å². The van der Waals surface area contributed by atoms with Crippen molar-refractivity contribution in [1.29, 1.82) is 0 Å². The van der Waals surface area contributed by atoms with E-state index in [4.69, 9.17) is 4.74 Å². The highest BCUT2D eigenvalue weighted by Gasteiger charge is 2.65. The number of imidazole rings is 1. The van der Waals surface area contributed by atoms with E-state index >= 15 is 0 Å². The lowest BCUT2D eigenvalue weighted by Crippen LogP contribution is -2.75. The SMILES string of the molecule is c1cc[n+]2c(c1)-n1c3ccccc3c3ccc4c(c31)C21c2c(ccc3c5ccc6ccccc6c5n5c6ccccc6[n+]1c5c23)O4. The molecule has 210 valence electrons. The Hall–Kier alpha value is -6.20. The van der Waals surface area contributed by atoms with Crippen molar-refractivity contribution >= 4 is 70.9 Å². The van der Waals surface area contributed by atoms with E-state index in [1.165, 1.54) is 82.1 Å². The monoisotopic (exact) mass is 586 g/mol. The van der Waals surface area contributed by atoms with Gasteiger partial charge in [-0.2, -0.15) is 18.1 Å². The molecule has 1 spiro atoms. The van der Waals surface area contributed by atoms with Crippen LogP contribution in [0, 0.1) is 0 Å². The van der Waals surface area contributed by atoms with Crippen LogP contribution in [-0.4, -0.2) is 8.97 Å². The number of pyridine rings is 2. The molecule has 0 radical (unpaired) electrons. The molecular weight excluding hydrogens is 564 g/mol. The molecule has 0 amide bonds. The Morgan fingerprint density at radius 2 is 1.26 bits per heavy atom. The largest absolute Gasteiger partial charge is 0.456 e. The fraction of sp³-hybridized carbons (Fsp3) is 0.0244. The average molecular weight is 587 g/mol. The number of nitrogens with zero attached hydrogens (tertiary/aromatic N) is 4. The van der Waals surface area contributed by atoms with Gasteiger partial charge in [0.25, 0.3) is 5.82 Å². The second kappa shape index (κ2) is 7.03. The minimum atomic E-state index is -0.702. The summed E-state index contributed by atoms with van der Waals surface area (Å²) in [5.41, 5.74) is 8.97. The summed E-state index contributed by atoms with van der Waals surface area (Å²) in [5.74, 6) is 2.96. The summed E-state index contributed by atoms with van der Waals surface area (Å²) >= 11 is 0. The molecule has 0 saturated heterocycles. The zero-order chi connectivity index (χ0) is 29.5. The minimum Gasteiger partial charge on any atom is -0.456 e. The van der Waals surface area contributed by atoms with E-state index in [2.05, 4.69) is 152 Å². The van der Waals surface area contributed by atoms with Crippen molar-refractivity contribution in [2.45, 2.75) is 5.66 Å². The first kappa shape index (κ1) is 22.3. The van der Waals surface area contributed by atoms with Crippen LogP contribution in [0.5, 0.6) is 11.5 Å². The fourth-order valence-corrected chi connectivity index (χ4v) is 9.54. The van der Waals surface area contributed by atoms with E-state index in [9.17, 15) is 0 Å². The second-order valence-corrected chi connectivity index (χ2v) is 12.9. The number of fused-ring (bicyclic) bond motifs is 13. The molecule has 10 aromatic rings. The first-order valence-corrected chi connectivity index (χ1v) is 15.9. The molecule has 1 unspecified atom stereocenters. The smallest absolute Gasteiger partial charge is 0.319 e. The molecule has 6 aromatic carbocycles. The highest BCUT2D eigenvalue weighted by Crippen LogP contribution is 2.57. The maximum absolute atomic E-state index is 6.98. The summed E-state index contributed by atoms with van der Waals surface area (Å²) in [6, 6.07) is 46.7. The van der Waals surface area contributed by atoms with Gasteiger partial charge in [0.05, 0.1) is 11.6 Å². The number of hydrogen-bond acceptors (Lipinski definition) is 1. The number of ether oxygens (including phenoxy) is 1. The maximum Gasteiger partial charge on any atom is 0.319 e. The van der Waals surface area contributed by atoms with Gasteiger partial charge in [0.1, 0.15) is 33.7 Å². The van der Waals surface area contributed by atoms with Crippen LogP contribution in [0.25, 0.3) is 76.8 Å². The molecule has 1 atom stereocenters. The van der Waals surface area contributed by atoms with E-state index < -0.39 is 5.66 Å². The third kappa shape index (κ3) is 2.08. The van der Waals surface area contributed by atoms with Crippen LogP contribution in [-0.2, 0) is 5.66 Å². The molecule has 3 aliphatic rings. The van der Waals surface area contributed by atoms with Crippen LogP contribution in [0.15, 0.2) is 134 Å². The Bertz CT molecular complexity index is 3130. The predicted molar refractivity (Wildman–Crippen MR) is 180 cm³/mol. The van der Waals surface area contributed by atoms with Crippen molar-refractivity contribution in [3.63, 3.8) is 0 Å². The lowest BCUT2D eigenvalue weighted by Gasteiger charge is -2.36. The third-order valence-electron chi connectivity index (χ3n) is 11.0. The van der Waals surface area contributed by atoms with Crippen LogP contribution >= 0.6 is 0 Å². The minimum absolute atomic E-state index is 0.702. The van der Waals surface area contributed by atoms with E-state index in [0.717, 1.165) is 17.3 Å². The lowest BCUT2D eigenvalue weighted by molar-refractivity contribution is -0.946. The van der Waals surface area contributed by atoms with Gasteiger partial charge in [-0.3, -0.25) is 0 Å². The van der Waals surface area contributed by atoms with Crippen LogP contribution in [0.1, 0.15) is 11.1 Å². The number of para-hydroxylation sites is 3. The van der Waals surface area contributed by atoms with Crippen LogP contribution in [0.3, 0.4) is 0 Å². The van der Waals surface area contributed by atoms with Crippen LogP contribution in [0.4, 0.5) is 0 Å². The maximum atomic E-state index is 6.98. The lowest BCUT2D eigenvalue weighted by atomic mass is 9.83. The molecule has 0 bridgehead atoms. The Balaban J connectivity index is 1.40. The zero-order valence-electron chi connectivity index (χ0n) is 24.4. The molecule has 5 heteroatoms. The highest BCUT2D eigenvalue weighted by molar-refractivity contribution is 6.22. The Labute approximate surface area is 260 Å². The summed E-state index contributed by atoms with van der Waals surface area (Å²) in [6.07, 6.45) is 2.27. The molecule has 13 rings (SSSR count). The molecular formula is C41H22N4O+2. The summed E-state index contributed by atoms with van der Waals surface area (Å²) in [5, 5.41) is 8.76. The fourth-order valence-electron chi connectivity index (χ4n) is 9.54. The normalized spacial score (nSPS) is 17.0. The quantitative estimate of drug-likeness (QED) is 0.130. The van der Waals surface area contributed by atoms with Crippen molar-refractivity contribution in [2.24, 2.45) is 0 Å².